The molecule has 0 unspecified atom stereocenters. The maximum absolute atomic E-state index is 6.14. The van der Waals surface area contributed by atoms with Crippen molar-refractivity contribution in [1.82, 2.24) is 0 Å². The van der Waals surface area contributed by atoms with E-state index in [1.54, 1.807) is 7.11 Å². The number of hydrogen-bond acceptors (Lipinski definition) is 3. The average Bonchev–Trinajstić information content (AvgIpc) is 2.95. The minimum Gasteiger partial charge on any atom is -0.494 e. The first-order valence-corrected chi connectivity index (χ1v) is 6.17. The fourth-order valence-corrected chi connectivity index (χ4v) is 2.40. The topological polar surface area (TPSA) is 38.5 Å². The number of anilines is 1. The molecule has 0 radical (unpaired) electrons. The predicted octanol–water partition coefficient (Wildman–Crippen LogP) is 2.58. The summed E-state index contributed by atoms with van der Waals surface area (Å²) in [6.07, 6.45) is 2.19. The smallest absolute Gasteiger partial charge is 0.145 e. The number of nitrogens with two attached hydrogens (primary N) is 1. The van der Waals surface area contributed by atoms with E-state index in [1.807, 2.05) is 26.1 Å². The molecule has 1 saturated carbocycles. The molecule has 2 N–H and O–H groups in total. The van der Waals surface area contributed by atoms with Gasteiger partial charge >= 0.3 is 0 Å². The van der Waals surface area contributed by atoms with Crippen LogP contribution in [-0.4, -0.2) is 26.2 Å². The summed E-state index contributed by atoms with van der Waals surface area (Å²) in [5.74, 6) is 0.876. The van der Waals surface area contributed by atoms with Crippen molar-refractivity contribution in [1.29, 1.82) is 0 Å². The molecular formula is C13H19ClN2O. The average molecular weight is 255 g/mol. The molecule has 0 amide bonds. The van der Waals surface area contributed by atoms with Crippen LogP contribution in [0.2, 0.25) is 5.02 Å². The van der Waals surface area contributed by atoms with Crippen molar-refractivity contribution in [3.8, 4) is 5.75 Å². The Morgan fingerprint density at radius 3 is 2.65 bits per heavy atom. The quantitative estimate of drug-likeness (QED) is 0.898. The van der Waals surface area contributed by atoms with Gasteiger partial charge in [-0.2, -0.15) is 0 Å². The molecule has 0 spiro atoms. The predicted molar refractivity (Wildman–Crippen MR) is 72.2 cm³/mol. The largest absolute Gasteiger partial charge is 0.494 e. The fraction of sp³-hybridized carbons (Fsp3) is 0.538. The van der Waals surface area contributed by atoms with E-state index >= 15 is 0 Å². The monoisotopic (exact) mass is 254 g/mol. The van der Waals surface area contributed by atoms with Crippen molar-refractivity contribution in [2.45, 2.75) is 25.3 Å². The van der Waals surface area contributed by atoms with Crippen LogP contribution in [0, 0.1) is 6.92 Å². The van der Waals surface area contributed by atoms with Gasteiger partial charge in [-0.05, 0) is 37.5 Å². The van der Waals surface area contributed by atoms with Crippen LogP contribution in [0.25, 0.3) is 0 Å². The van der Waals surface area contributed by atoms with Crippen LogP contribution in [0.15, 0.2) is 12.1 Å². The van der Waals surface area contributed by atoms with Gasteiger partial charge in [-0.15, -0.1) is 0 Å². The summed E-state index contributed by atoms with van der Waals surface area (Å²) in [5, 5.41) is 0.729. The van der Waals surface area contributed by atoms with Crippen molar-refractivity contribution in [3.63, 3.8) is 0 Å². The Bertz CT molecular complexity index is 430. The molecule has 0 aliphatic heterocycles. The first-order chi connectivity index (χ1) is 7.95. The maximum Gasteiger partial charge on any atom is 0.145 e. The normalized spacial score (nSPS) is 16.8. The van der Waals surface area contributed by atoms with E-state index in [4.69, 9.17) is 22.1 Å². The number of likely N-dealkylation sites (N-methyl/N-ethyl adjacent to an activating group) is 1. The third kappa shape index (κ3) is 2.67. The lowest BCUT2D eigenvalue weighted by Gasteiger charge is -2.26. The molecule has 4 heteroatoms. The molecule has 0 heterocycles. The van der Waals surface area contributed by atoms with Crippen LogP contribution in [-0.2, 0) is 0 Å². The molecule has 17 heavy (non-hydrogen) atoms. The molecule has 1 aromatic carbocycles. The van der Waals surface area contributed by atoms with Crippen molar-refractivity contribution in [2.24, 2.45) is 5.73 Å². The number of rotatable bonds is 4. The number of methoxy groups -OCH3 is 1. The minimum atomic E-state index is -0.0179. The Hall–Kier alpha value is -0.930. The second-order valence-electron chi connectivity index (χ2n) is 4.99. The number of benzene rings is 1. The molecule has 1 aliphatic carbocycles. The van der Waals surface area contributed by atoms with E-state index in [0.29, 0.717) is 0 Å². The van der Waals surface area contributed by atoms with E-state index in [-0.39, 0.29) is 5.54 Å². The summed E-state index contributed by atoms with van der Waals surface area (Å²) in [6.45, 7) is 2.83. The Kier molecular flexibility index (Phi) is 3.23. The number of halogens is 1. The lowest BCUT2D eigenvalue weighted by Crippen LogP contribution is -2.37. The van der Waals surface area contributed by atoms with Crippen molar-refractivity contribution in [3.05, 3.63) is 22.7 Å². The van der Waals surface area contributed by atoms with Crippen LogP contribution in [0.5, 0.6) is 5.75 Å². The number of nitrogens with zero attached hydrogens (tertiary/aromatic N) is 1. The minimum absolute atomic E-state index is 0.0179. The lowest BCUT2D eigenvalue weighted by molar-refractivity contribution is 0.411. The fourth-order valence-electron chi connectivity index (χ4n) is 2.14. The second-order valence-corrected chi connectivity index (χ2v) is 5.43. The van der Waals surface area contributed by atoms with Gasteiger partial charge in [-0.1, -0.05) is 11.6 Å². The summed E-state index contributed by atoms with van der Waals surface area (Å²) in [7, 11) is 3.71. The van der Waals surface area contributed by atoms with Gasteiger partial charge in [-0.25, -0.2) is 0 Å². The zero-order valence-corrected chi connectivity index (χ0v) is 11.3. The molecule has 1 aromatic rings. The van der Waals surface area contributed by atoms with Crippen molar-refractivity contribution >= 4 is 17.3 Å². The zero-order chi connectivity index (χ0) is 12.6. The third-order valence-electron chi connectivity index (χ3n) is 3.28. The third-order valence-corrected chi connectivity index (χ3v) is 3.50. The molecule has 3 nitrogen and oxygen atoms in total. The van der Waals surface area contributed by atoms with Crippen LogP contribution in [0.1, 0.15) is 18.4 Å². The highest BCUT2D eigenvalue weighted by molar-refractivity contribution is 6.31. The van der Waals surface area contributed by atoms with E-state index in [1.165, 1.54) is 0 Å². The highest BCUT2D eigenvalue weighted by Crippen LogP contribution is 2.38. The molecule has 2 rings (SSSR count). The summed E-state index contributed by atoms with van der Waals surface area (Å²) < 4.78 is 5.45. The SMILES string of the molecule is COc1c(C)cc(Cl)cc1N(C)CC1(N)CC1. The molecule has 94 valence electrons. The van der Waals surface area contributed by atoms with E-state index in [9.17, 15) is 0 Å². The second kappa shape index (κ2) is 4.39. The van der Waals surface area contributed by atoms with Gasteiger partial charge in [0.25, 0.3) is 0 Å². The Balaban J connectivity index is 2.29. The summed E-state index contributed by atoms with van der Waals surface area (Å²) in [5.41, 5.74) is 8.17. The lowest BCUT2D eigenvalue weighted by atomic mass is 10.1. The first-order valence-electron chi connectivity index (χ1n) is 5.79. The Morgan fingerprint density at radius 2 is 2.12 bits per heavy atom. The highest BCUT2D eigenvalue weighted by Gasteiger charge is 2.39. The van der Waals surface area contributed by atoms with Crippen LogP contribution in [0.3, 0.4) is 0 Å². The highest BCUT2D eigenvalue weighted by atomic mass is 35.5. The molecule has 0 saturated heterocycles. The van der Waals surface area contributed by atoms with Gasteiger partial charge < -0.3 is 15.4 Å². The van der Waals surface area contributed by atoms with Crippen molar-refractivity contribution in [2.75, 3.05) is 25.6 Å². The van der Waals surface area contributed by atoms with E-state index in [0.717, 1.165) is 41.4 Å². The molecule has 0 aromatic heterocycles. The molecule has 0 bridgehead atoms. The van der Waals surface area contributed by atoms with Crippen LogP contribution < -0.4 is 15.4 Å². The van der Waals surface area contributed by atoms with Gasteiger partial charge in [0.1, 0.15) is 5.75 Å². The number of hydrogen-bond donors (Lipinski definition) is 1. The van der Waals surface area contributed by atoms with Crippen molar-refractivity contribution < 1.29 is 4.74 Å². The summed E-state index contributed by atoms with van der Waals surface area (Å²) in [4.78, 5) is 2.13. The molecular weight excluding hydrogens is 236 g/mol. The van der Waals surface area contributed by atoms with Crippen LogP contribution in [0.4, 0.5) is 5.69 Å². The molecule has 1 aliphatic rings. The first kappa shape index (κ1) is 12.5. The van der Waals surface area contributed by atoms with Crippen LogP contribution >= 0.6 is 11.6 Å². The number of ether oxygens (including phenoxy) is 1. The van der Waals surface area contributed by atoms with Gasteiger partial charge in [0, 0.05) is 24.2 Å². The molecule has 1 fully saturated rings. The van der Waals surface area contributed by atoms with Gasteiger partial charge in [0.15, 0.2) is 0 Å². The Labute approximate surface area is 107 Å². The zero-order valence-electron chi connectivity index (χ0n) is 10.6. The van der Waals surface area contributed by atoms with Gasteiger partial charge in [0.2, 0.25) is 0 Å². The summed E-state index contributed by atoms with van der Waals surface area (Å²) >= 11 is 6.10. The van der Waals surface area contributed by atoms with E-state index in [2.05, 4.69) is 4.90 Å². The van der Waals surface area contributed by atoms with Gasteiger partial charge in [-0.3, -0.25) is 0 Å². The summed E-state index contributed by atoms with van der Waals surface area (Å²) in [6, 6.07) is 3.84. The Morgan fingerprint density at radius 1 is 1.47 bits per heavy atom. The van der Waals surface area contributed by atoms with E-state index < -0.39 is 0 Å². The molecule has 0 atom stereocenters. The number of aryl methyl sites for hydroxylation is 1. The standard InChI is InChI=1S/C13H19ClN2O/c1-9-6-10(14)7-11(12(9)17-3)16(2)8-13(15)4-5-13/h6-7H,4-5,8,15H2,1-3H3. The van der Waals surface area contributed by atoms with Gasteiger partial charge in [0.05, 0.1) is 12.8 Å². The maximum atomic E-state index is 6.14.